The second kappa shape index (κ2) is 4.07. The minimum atomic E-state index is -0.923. The summed E-state index contributed by atoms with van der Waals surface area (Å²) in [6.45, 7) is 0.142. The number of aliphatic hydroxyl groups excluding tert-OH is 2. The summed E-state index contributed by atoms with van der Waals surface area (Å²) < 4.78 is 0. The van der Waals surface area contributed by atoms with Crippen molar-refractivity contribution in [2.45, 2.75) is 12.2 Å². The Morgan fingerprint density at radius 2 is 2.00 bits per heavy atom. The minimum absolute atomic E-state index is 0.0712. The van der Waals surface area contributed by atoms with Gasteiger partial charge >= 0.3 is 0 Å². The predicted molar refractivity (Wildman–Crippen MR) is 53.8 cm³/mol. The van der Waals surface area contributed by atoms with Crippen molar-refractivity contribution in [3.8, 4) is 5.75 Å². The van der Waals surface area contributed by atoms with E-state index in [1.807, 2.05) is 0 Å². The molecule has 16 heavy (non-hydrogen) atoms. The molecular weight excluding hydrogens is 212 g/mol. The van der Waals surface area contributed by atoms with Crippen molar-refractivity contribution in [3.05, 3.63) is 24.0 Å². The van der Waals surface area contributed by atoms with Crippen LogP contribution in [0.15, 0.2) is 18.5 Å². The van der Waals surface area contributed by atoms with Gasteiger partial charge in [0.25, 0.3) is 5.91 Å². The lowest BCUT2D eigenvalue weighted by atomic mass is 10.2. The number of hydrogen-bond acceptors (Lipinski definition) is 5. The van der Waals surface area contributed by atoms with Crippen molar-refractivity contribution < 1.29 is 20.1 Å². The quantitative estimate of drug-likeness (QED) is 0.566. The third-order valence-corrected chi connectivity index (χ3v) is 2.58. The fraction of sp³-hybridized carbons (Fsp3) is 0.400. The summed E-state index contributed by atoms with van der Waals surface area (Å²) in [7, 11) is 0. The van der Waals surface area contributed by atoms with Gasteiger partial charge in [-0.15, -0.1) is 0 Å². The van der Waals surface area contributed by atoms with Crippen LogP contribution in [0.2, 0.25) is 0 Å². The number of aromatic hydroxyl groups is 1. The van der Waals surface area contributed by atoms with Gasteiger partial charge in [-0.2, -0.15) is 0 Å². The molecule has 0 aliphatic carbocycles. The van der Waals surface area contributed by atoms with Crippen LogP contribution in [-0.2, 0) is 0 Å². The molecule has 2 unspecified atom stereocenters. The molecule has 1 amide bonds. The second-order valence-corrected chi connectivity index (χ2v) is 3.74. The molecule has 1 aromatic rings. The smallest absolute Gasteiger partial charge is 0.257 e. The van der Waals surface area contributed by atoms with Gasteiger partial charge in [-0.05, 0) is 6.07 Å². The maximum atomic E-state index is 11.9. The first kappa shape index (κ1) is 10.8. The van der Waals surface area contributed by atoms with E-state index in [1.54, 1.807) is 0 Å². The Kier molecular flexibility index (Phi) is 2.76. The average molecular weight is 224 g/mol. The molecule has 0 radical (unpaired) electrons. The summed E-state index contributed by atoms with van der Waals surface area (Å²) in [6, 6.07) is 1.40. The van der Waals surface area contributed by atoms with E-state index in [2.05, 4.69) is 4.98 Å². The molecule has 2 rings (SSSR count). The van der Waals surface area contributed by atoms with E-state index in [4.69, 9.17) is 0 Å². The van der Waals surface area contributed by atoms with Crippen molar-refractivity contribution in [1.82, 2.24) is 9.88 Å². The average Bonchev–Trinajstić information content (AvgIpc) is 2.59. The number of hydrogen-bond donors (Lipinski definition) is 3. The molecule has 86 valence electrons. The summed E-state index contributed by atoms with van der Waals surface area (Å²) in [5.41, 5.74) is 0.122. The van der Waals surface area contributed by atoms with E-state index in [0.717, 1.165) is 0 Å². The first-order valence-corrected chi connectivity index (χ1v) is 4.88. The van der Waals surface area contributed by atoms with E-state index < -0.39 is 18.1 Å². The van der Waals surface area contributed by atoms with Crippen LogP contribution < -0.4 is 0 Å². The molecule has 6 heteroatoms. The van der Waals surface area contributed by atoms with Gasteiger partial charge in [0, 0.05) is 19.3 Å². The molecule has 3 N–H and O–H groups in total. The number of β-amino-alcohol motifs (C(OH)–C–C–N with tert-alkyl or cyclic N) is 2. The Bertz CT molecular complexity index is 400. The minimum Gasteiger partial charge on any atom is -0.505 e. The summed E-state index contributed by atoms with van der Waals surface area (Å²) in [5, 5.41) is 28.1. The van der Waals surface area contributed by atoms with Gasteiger partial charge in [-0.3, -0.25) is 9.78 Å². The number of carbonyl (C=O) groups excluding carboxylic acids is 1. The van der Waals surface area contributed by atoms with Crippen LogP contribution in [0, 0.1) is 0 Å². The zero-order valence-electron chi connectivity index (χ0n) is 8.45. The Balaban J connectivity index is 2.18. The molecule has 1 fully saturated rings. The van der Waals surface area contributed by atoms with Gasteiger partial charge in [-0.25, -0.2) is 0 Å². The molecule has 0 saturated carbocycles. The number of rotatable bonds is 1. The van der Waals surface area contributed by atoms with Gasteiger partial charge in [0.1, 0.15) is 5.75 Å². The Morgan fingerprint density at radius 3 is 2.56 bits per heavy atom. The molecule has 1 aromatic heterocycles. The number of likely N-dealkylation sites (tertiary alicyclic amines) is 1. The van der Waals surface area contributed by atoms with E-state index >= 15 is 0 Å². The summed E-state index contributed by atoms with van der Waals surface area (Å²) in [5.74, 6) is -0.626. The molecule has 0 spiro atoms. The highest BCUT2D eigenvalue weighted by Gasteiger charge is 2.33. The highest BCUT2D eigenvalue weighted by atomic mass is 16.3. The number of aliphatic hydroxyl groups is 2. The summed E-state index contributed by atoms with van der Waals surface area (Å²) in [6.07, 6.45) is 0.729. The van der Waals surface area contributed by atoms with E-state index in [-0.39, 0.29) is 24.4 Å². The van der Waals surface area contributed by atoms with Crippen LogP contribution in [0.25, 0.3) is 0 Å². The second-order valence-electron chi connectivity index (χ2n) is 3.74. The highest BCUT2D eigenvalue weighted by Crippen LogP contribution is 2.19. The van der Waals surface area contributed by atoms with Crippen LogP contribution in [0.5, 0.6) is 5.75 Å². The Hall–Kier alpha value is -1.66. The largest absolute Gasteiger partial charge is 0.505 e. The third kappa shape index (κ3) is 1.84. The maximum Gasteiger partial charge on any atom is 0.257 e. The highest BCUT2D eigenvalue weighted by molar-refractivity contribution is 5.96. The van der Waals surface area contributed by atoms with Gasteiger partial charge in [0.15, 0.2) is 0 Å². The van der Waals surface area contributed by atoms with Crippen molar-refractivity contribution in [1.29, 1.82) is 0 Å². The number of amides is 1. The molecule has 1 aliphatic rings. The molecular formula is C10H12N2O4. The number of carbonyl (C=O) groups is 1. The molecule has 0 bridgehead atoms. The maximum absolute atomic E-state index is 11.9. The molecule has 2 atom stereocenters. The molecule has 2 heterocycles. The van der Waals surface area contributed by atoms with E-state index in [1.165, 1.54) is 23.4 Å². The van der Waals surface area contributed by atoms with Crippen molar-refractivity contribution >= 4 is 5.91 Å². The zero-order valence-corrected chi connectivity index (χ0v) is 8.45. The summed E-state index contributed by atoms with van der Waals surface area (Å²) in [4.78, 5) is 16.8. The number of nitrogens with zero attached hydrogens (tertiary/aromatic N) is 2. The van der Waals surface area contributed by atoms with Crippen molar-refractivity contribution in [2.24, 2.45) is 0 Å². The van der Waals surface area contributed by atoms with Crippen LogP contribution >= 0.6 is 0 Å². The van der Waals surface area contributed by atoms with Crippen LogP contribution in [-0.4, -0.2) is 56.4 Å². The van der Waals surface area contributed by atoms with Crippen LogP contribution in [0.3, 0.4) is 0 Å². The summed E-state index contributed by atoms with van der Waals surface area (Å²) >= 11 is 0. The molecule has 0 aromatic carbocycles. The predicted octanol–water partition coefficient (Wildman–Crippen LogP) is -1.04. The number of pyridine rings is 1. The Morgan fingerprint density at radius 1 is 1.38 bits per heavy atom. The molecule has 1 aliphatic heterocycles. The lowest BCUT2D eigenvalue weighted by Crippen LogP contribution is -2.29. The fourth-order valence-corrected chi connectivity index (χ4v) is 1.67. The van der Waals surface area contributed by atoms with E-state index in [0.29, 0.717) is 0 Å². The lowest BCUT2D eigenvalue weighted by Gasteiger charge is -2.15. The standard InChI is InChI=1S/C10H12N2O4/c13-7-3-11-2-1-6(7)10(16)12-4-8(14)9(15)5-12/h1-3,8-9,13-15H,4-5H2. The first-order valence-electron chi connectivity index (χ1n) is 4.88. The van der Waals surface area contributed by atoms with Crippen LogP contribution in [0.4, 0.5) is 0 Å². The number of aromatic nitrogens is 1. The Labute approximate surface area is 91.8 Å². The van der Waals surface area contributed by atoms with E-state index in [9.17, 15) is 20.1 Å². The van der Waals surface area contributed by atoms with Crippen molar-refractivity contribution in [3.63, 3.8) is 0 Å². The fourth-order valence-electron chi connectivity index (χ4n) is 1.67. The monoisotopic (exact) mass is 224 g/mol. The molecule has 1 saturated heterocycles. The van der Waals surface area contributed by atoms with Gasteiger partial charge in [-0.1, -0.05) is 0 Å². The van der Waals surface area contributed by atoms with Crippen LogP contribution in [0.1, 0.15) is 10.4 Å². The third-order valence-electron chi connectivity index (χ3n) is 2.58. The van der Waals surface area contributed by atoms with Gasteiger partial charge in [0.2, 0.25) is 0 Å². The lowest BCUT2D eigenvalue weighted by molar-refractivity contribution is 0.0572. The zero-order chi connectivity index (χ0) is 11.7. The van der Waals surface area contributed by atoms with Crippen molar-refractivity contribution in [2.75, 3.05) is 13.1 Å². The molecule has 6 nitrogen and oxygen atoms in total. The SMILES string of the molecule is O=C(c1ccncc1O)N1CC(O)C(O)C1. The first-order chi connectivity index (χ1) is 7.59. The topological polar surface area (TPSA) is 93.9 Å². The normalized spacial score (nSPS) is 24.8. The van der Waals surface area contributed by atoms with Gasteiger partial charge < -0.3 is 20.2 Å². The van der Waals surface area contributed by atoms with Gasteiger partial charge in [0.05, 0.1) is 24.0 Å².